The van der Waals surface area contributed by atoms with Crippen molar-refractivity contribution in [3.8, 4) is 0 Å². The molecular formula is C18H24N6O3. The zero-order valence-corrected chi connectivity index (χ0v) is 15.2. The Bertz CT molecular complexity index is 773. The number of amides is 1. The third kappa shape index (κ3) is 4.98. The van der Waals surface area contributed by atoms with E-state index in [9.17, 15) is 14.7 Å². The normalized spacial score (nSPS) is 13.0. The molecule has 1 amide bonds. The standard InChI is InChI=1S/C18H24N6O3/c1-3-4-14(18(26)27)15(16-21-23-24-22-16)11(2)12-5-7-13(8-6-12)17(25)20-10-9-19/h5-8,14-15H,2-4,9-10,19H2,1H3,(H,20,25)(H,26,27)(H,21,22,23,24). The Morgan fingerprint density at radius 1 is 1.30 bits per heavy atom. The number of nitrogens with two attached hydrogens (primary N) is 1. The van der Waals surface area contributed by atoms with Crippen LogP contribution in [0.2, 0.25) is 0 Å². The number of carboxylic acids is 1. The van der Waals surface area contributed by atoms with Gasteiger partial charge in [-0.15, -0.1) is 10.2 Å². The van der Waals surface area contributed by atoms with Crippen LogP contribution in [0.25, 0.3) is 5.57 Å². The quantitative estimate of drug-likeness (QED) is 0.489. The number of nitrogens with zero attached hydrogens (tertiary/aromatic N) is 3. The fourth-order valence-corrected chi connectivity index (χ4v) is 2.93. The molecule has 0 aliphatic carbocycles. The van der Waals surface area contributed by atoms with Crippen LogP contribution in [0.3, 0.4) is 0 Å². The summed E-state index contributed by atoms with van der Waals surface area (Å²) in [6.07, 6.45) is 1.14. The molecule has 9 heteroatoms. The molecule has 0 saturated heterocycles. The van der Waals surface area contributed by atoms with Crippen LogP contribution >= 0.6 is 0 Å². The lowest BCUT2D eigenvalue weighted by molar-refractivity contribution is -0.142. The van der Waals surface area contributed by atoms with Gasteiger partial charge in [-0.05, 0) is 29.7 Å². The molecule has 0 spiro atoms. The van der Waals surface area contributed by atoms with Crippen molar-refractivity contribution in [2.75, 3.05) is 13.1 Å². The fourth-order valence-electron chi connectivity index (χ4n) is 2.93. The zero-order valence-electron chi connectivity index (χ0n) is 15.2. The van der Waals surface area contributed by atoms with E-state index >= 15 is 0 Å². The lowest BCUT2D eigenvalue weighted by Gasteiger charge is -2.23. The molecular weight excluding hydrogens is 348 g/mol. The number of aromatic nitrogens is 4. The van der Waals surface area contributed by atoms with Crippen LogP contribution in [-0.2, 0) is 4.79 Å². The predicted molar refractivity (Wildman–Crippen MR) is 99.8 cm³/mol. The maximum atomic E-state index is 12.0. The van der Waals surface area contributed by atoms with Crippen molar-refractivity contribution in [1.82, 2.24) is 25.9 Å². The number of carbonyl (C=O) groups is 2. The van der Waals surface area contributed by atoms with E-state index in [4.69, 9.17) is 5.73 Å². The Kier molecular flexibility index (Phi) is 7.18. The SMILES string of the molecule is C=C(c1ccc(C(=O)NCCN)cc1)C(c1nn[nH]n1)C(CCC)C(=O)O. The predicted octanol–water partition coefficient (Wildman–Crippen LogP) is 1.19. The first kappa shape index (κ1) is 20.2. The highest BCUT2D eigenvalue weighted by molar-refractivity contribution is 5.94. The number of nitrogens with one attached hydrogen (secondary N) is 2. The molecule has 1 heterocycles. The lowest BCUT2D eigenvalue weighted by atomic mass is 9.80. The fraction of sp³-hybridized carbons (Fsp3) is 0.389. The van der Waals surface area contributed by atoms with Crippen LogP contribution in [0, 0.1) is 5.92 Å². The van der Waals surface area contributed by atoms with Crippen molar-refractivity contribution >= 4 is 17.4 Å². The second kappa shape index (κ2) is 9.58. The minimum absolute atomic E-state index is 0.221. The number of aromatic amines is 1. The van der Waals surface area contributed by atoms with E-state index in [1.807, 2.05) is 6.92 Å². The van der Waals surface area contributed by atoms with Gasteiger partial charge < -0.3 is 16.2 Å². The molecule has 0 aliphatic rings. The van der Waals surface area contributed by atoms with Crippen LogP contribution in [0.15, 0.2) is 30.8 Å². The van der Waals surface area contributed by atoms with Crippen molar-refractivity contribution in [2.24, 2.45) is 11.7 Å². The molecule has 1 aromatic carbocycles. The van der Waals surface area contributed by atoms with E-state index in [1.54, 1.807) is 24.3 Å². The van der Waals surface area contributed by atoms with Gasteiger partial charge in [0.25, 0.3) is 5.91 Å². The first-order valence-corrected chi connectivity index (χ1v) is 8.73. The Morgan fingerprint density at radius 3 is 2.48 bits per heavy atom. The summed E-state index contributed by atoms with van der Waals surface area (Å²) in [7, 11) is 0. The number of tetrazole rings is 1. The third-order valence-corrected chi connectivity index (χ3v) is 4.28. The molecule has 0 fully saturated rings. The van der Waals surface area contributed by atoms with Gasteiger partial charge in [-0.2, -0.15) is 5.21 Å². The summed E-state index contributed by atoms with van der Waals surface area (Å²) in [5.41, 5.74) is 7.14. The summed E-state index contributed by atoms with van der Waals surface area (Å²) in [6.45, 7) is 6.76. The van der Waals surface area contributed by atoms with Gasteiger partial charge in [0.1, 0.15) is 0 Å². The molecule has 2 unspecified atom stereocenters. The number of allylic oxidation sites excluding steroid dienone is 1. The number of carboxylic acid groups (broad SMARTS) is 1. The van der Waals surface area contributed by atoms with Gasteiger partial charge in [0.05, 0.1) is 11.8 Å². The summed E-state index contributed by atoms with van der Waals surface area (Å²) in [5, 5.41) is 26.3. The van der Waals surface area contributed by atoms with Gasteiger partial charge in [0.2, 0.25) is 0 Å². The van der Waals surface area contributed by atoms with E-state index in [1.165, 1.54) is 0 Å². The number of carbonyl (C=O) groups excluding carboxylic acids is 1. The van der Waals surface area contributed by atoms with Gasteiger partial charge in [-0.3, -0.25) is 9.59 Å². The third-order valence-electron chi connectivity index (χ3n) is 4.28. The number of hydrogen-bond acceptors (Lipinski definition) is 6. The van der Waals surface area contributed by atoms with E-state index < -0.39 is 17.8 Å². The van der Waals surface area contributed by atoms with Gasteiger partial charge >= 0.3 is 5.97 Å². The number of aliphatic carboxylic acids is 1. The molecule has 5 N–H and O–H groups in total. The Morgan fingerprint density at radius 2 is 1.96 bits per heavy atom. The summed E-state index contributed by atoms with van der Waals surface area (Å²) in [4.78, 5) is 23.8. The smallest absolute Gasteiger partial charge is 0.307 e. The summed E-state index contributed by atoms with van der Waals surface area (Å²) in [5.74, 6) is -2.23. The van der Waals surface area contributed by atoms with Crippen LogP contribution in [0.5, 0.6) is 0 Å². The van der Waals surface area contributed by atoms with Crippen LogP contribution < -0.4 is 11.1 Å². The van der Waals surface area contributed by atoms with Crippen LogP contribution in [0.1, 0.15) is 47.4 Å². The molecule has 2 aromatic rings. The first-order valence-electron chi connectivity index (χ1n) is 8.73. The second-order valence-electron chi connectivity index (χ2n) is 6.13. The first-order chi connectivity index (χ1) is 13.0. The summed E-state index contributed by atoms with van der Waals surface area (Å²) in [6, 6.07) is 6.79. The molecule has 9 nitrogen and oxygen atoms in total. The monoisotopic (exact) mass is 372 g/mol. The highest BCUT2D eigenvalue weighted by atomic mass is 16.4. The van der Waals surface area contributed by atoms with Crippen molar-refractivity contribution in [3.05, 3.63) is 47.8 Å². The van der Waals surface area contributed by atoms with Crippen molar-refractivity contribution in [3.63, 3.8) is 0 Å². The molecule has 2 rings (SSSR count). The largest absolute Gasteiger partial charge is 0.481 e. The topological polar surface area (TPSA) is 147 Å². The molecule has 1 aromatic heterocycles. The van der Waals surface area contributed by atoms with Crippen molar-refractivity contribution < 1.29 is 14.7 Å². The van der Waals surface area contributed by atoms with E-state index in [-0.39, 0.29) is 11.7 Å². The number of rotatable bonds is 10. The van der Waals surface area contributed by atoms with E-state index in [0.29, 0.717) is 42.6 Å². The number of benzene rings is 1. The van der Waals surface area contributed by atoms with Gasteiger partial charge in [0, 0.05) is 18.7 Å². The van der Waals surface area contributed by atoms with Crippen LogP contribution in [-0.4, -0.2) is 50.7 Å². The lowest BCUT2D eigenvalue weighted by Crippen LogP contribution is -2.28. The van der Waals surface area contributed by atoms with E-state index in [2.05, 4.69) is 32.5 Å². The molecule has 2 atom stereocenters. The van der Waals surface area contributed by atoms with Crippen molar-refractivity contribution in [2.45, 2.75) is 25.7 Å². The number of hydrogen-bond donors (Lipinski definition) is 4. The number of H-pyrrole nitrogens is 1. The molecule has 0 radical (unpaired) electrons. The summed E-state index contributed by atoms with van der Waals surface area (Å²) < 4.78 is 0. The van der Waals surface area contributed by atoms with Crippen molar-refractivity contribution in [1.29, 1.82) is 0 Å². The second-order valence-corrected chi connectivity index (χ2v) is 6.13. The molecule has 0 saturated carbocycles. The molecule has 27 heavy (non-hydrogen) atoms. The van der Waals surface area contributed by atoms with Gasteiger partial charge in [0.15, 0.2) is 5.82 Å². The Hall–Kier alpha value is -3.07. The Balaban J connectivity index is 2.30. The maximum absolute atomic E-state index is 12.0. The molecule has 144 valence electrons. The molecule has 0 aliphatic heterocycles. The highest BCUT2D eigenvalue weighted by Gasteiger charge is 2.34. The molecule has 0 bridgehead atoms. The van der Waals surface area contributed by atoms with Crippen LogP contribution in [0.4, 0.5) is 0 Å². The highest BCUT2D eigenvalue weighted by Crippen LogP contribution is 2.37. The average molecular weight is 372 g/mol. The Labute approximate surface area is 157 Å². The van der Waals surface area contributed by atoms with Gasteiger partial charge in [-0.25, -0.2) is 0 Å². The van der Waals surface area contributed by atoms with Gasteiger partial charge in [-0.1, -0.05) is 37.3 Å². The van der Waals surface area contributed by atoms with E-state index in [0.717, 1.165) is 0 Å². The minimum Gasteiger partial charge on any atom is -0.481 e. The zero-order chi connectivity index (χ0) is 19.8. The summed E-state index contributed by atoms with van der Waals surface area (Å²) >= 11 is 0. The maximum Gasteiger partial charge on any atom is 0.307 e. The average Bonchev–Trinajstić information content (AvgIpc) is 3.19. The minimum atomic E-state index is -0.939.